The minimum absolute atomic E-state index is 0.665. The van der Waals surface area contributed by atoms with Crippen LogP contribution in [0, 0.1) is 0 Å². The van der Waals surface area contributed by atoms with Crippen LogP contribution in [-0.4, -0.2) is 14.8 Å². The molecule has 0 amide bonds. The van der Waals surface area contributed by atoms with Gasteiger partial charge in [0.1, 0.15) is 6.33 Å². The Labute approximate surface area is 91.9 Å². The summed E-state index contributed by atoms with van der Waals surface area (Å²) in [5.74, 6) is 0.799. The van der Waals surface area contributed by atoms with Gasteiger partial charge in [-0.05, 0) is 11.4 Å². The van der Waals surface area contributed by atoms with Gasteiger partial charge in [0.2, 0.25) is 0 Å². The summed E-state index contributed by atoms with van der Waals surface area (Å²) in [5.41, 5.74) is 6.61. The van der Waals surface area contributed by atoms with Crippen LogP contribution < -0.4 is 11.1 Å². The average molecular weight is 223 g/mol. The zero-order chi connectivity index (χ0) is 10.7. The van der Waals surface area contributed by atoms with E-state index in [4.69, 9.17) is 5.73 Å². The summed E-state index contributed by atoms with van der Waals surface area (Å²) < 4.78 is 1.69. The molecule has 0 aliphatic carbocycles. The predicted molar refractivity (Wildman–Crippen MR) is 60.3 cm³/mol. The van der Waals surface area contributed by atoms with Crippen molar-refractivity contribution >= 4 is 17.0 Å². The molecule has 0 bridgehead atoms. The van der Waals surface area contributed by atoms with Crippen molar-refractivity contribution in [3.05, 3.63) is 28.5 Å². The number of nitrogens with two attached hydrogens (primary N) is 1. The van der Waals surface area contributed by atoms with E-state index in [-0.39, 0.29) is 0 Å². The molecule has 80 valence electrons. The van der Waals surface area contributed by atoms with Crippen LogP contribution in [0.15, 0.2) is 17.8 Å². The van der Waals surface area contributed by atoms with E-state index < -0.39 is 0 Å². The lowest BCUT2D eigenvalue weighted by atomic mass is 10.4. The molecule has 15 heavy (non-hydrogen) atoms. The average Bonchev–Trinajstić information content (AvgIpc) is 2.77. The maximum atomic E-state index is 5.76. The number of hydrogen-bond acceptors (Lipinski definition) is 5. The van der Waals surface area contributed by atoms with Gasteiger partial charge in [0.25, 0.3) is 0 Å². The zero-order valence-corrected chi connectivity index (χ0v) is 9.29. The summed E-state index contributed by atoms with van der Waals surface area (Å²) in [4.78, 5) is 5.28. The normalized spacial score (nSPS) is 10.7. The molecule has 0 saturated heterocycles. The van der Waals surface area contributed by atoms with Crippen molar-refractivity contribution in [1.82, 2.24) is 20.1 Å². The maximum Gasteiger partial charge on any atom is 0.164 e. The number of aromatic nitrogens is 3. The van der Waals surface area contributed by atoms with Gasteiger partial charge < -0.3 is 11.1 Å². The first-order valence-corrected chi connectivity index (χ1v) is 5.51. The van der Waals surface area contributed by atoms with Crippen LogP contribution in [-0.2, 0) is 20.1 Å². The van der Waals surface area contributed by atoms with E-state index in [1.54, 1.807) is 22.3 Å². The van der Waals surface area contributed by atoms with Gasteiger partial charge in [-0.15, -0.1) is 11.3 Å². The first kappa shape index (κ1) is 10.1. The van der Waals surface area contributed by atoms with Crippen molar-refractivity contribution < 1.29 is 0 Å². The molecular formula is C9H13N5S. The highest BCUT2D eigenvalue weighted by Crippen LogP contribution is 2.17. The second-order valence-corrected chi connectivity index (χ2v) is 4.24. The molecule has 0 saturated carbocycles. The van der Waals surface area contributed by atoms with E-state index in [1.165, 1.54) is 0 Å². The first-order valence-electron chi connectivity index (χ1n) is 4.63. The quantitative estimate of drug-likeness (QED) is 0.802. The summed E-state index contributed by atoms with van der Waals surface area (Å²) in [6.07, 6.45) is 1.69. The van der Waals surface area contributed by atoms with E-state index in [1.807, 2.05) is 18.5 Å². The molecular weight excluding hydrogens is 210 g/mol. The Bertz CT molecular complexity index is 433. The molecule has 0 unspecified atom stereocenters. The second-order valence-electron chi connectivity index (χ2n) is 3.24. The minimum Gasteiger partial charge on any atom is -0.398 e. The molecule has 0 atom stereocenters. The number of nitrogens with one attached hydrogen (secondary N) is 1. The van der Waals surface area contributed by atoms with Crippen molar-refractivity contribution in [2.24, 2.45) is 7.05 Å². The van der Waals surface area contributed by atoms with Gasteiger partial charge in [-0.1, -0.05) is 0 Å². The van der Waals surface area contributed by atoms with Crippen LogP contribution >= 0.6 is 11.3 Å². The van der Waals surface area contributed by atoms with E-state index in [9.17, 15) is 0 Å². The van der Waals surface area contributed by atoms with Gasteiger partial charge in [-0.3, -0.25) is 4.68 Å². The van der Waals surface area contributed by atoms with E-state index in [2.05, 4.69) is 15.4 Å². The fourth-order valence-electron chi connectivity index (χ4n) is 1.25. The monoisotopic (exact) mass is 223 g/mol. The molecule has 2 heterocycles. The van der Waals surface area contributed by atoms with Gasteiger partial charge in [0.05, 0.1) is 6.54 Å². The van der Waals surface area contributed by atoms with Crippen LogP contribution in [0.25, 0.3) is 0 Å². The Balaban J connectivity index is 1.83. The zero-order valence-electron chi connectivity index (χ0n) is 8.47. The number of hydrogen-bond donors (Lipinski definition) is 2. The van der Waals surface area contributed by atoms with Crippen molar-refractivity contribution in [2.45, 2.75) is 13.1 Å². The Morgan fingerprint density at radius 2 is 2.40 bits per heavy atom. The lowest BCUT2D eigenvalue weighted by Gasteiger charge is -2.00. The van der Waals surface area contributed by atoms with Crippen molar-refractivity contribution in [1.29, 1.82) is 0 Å². The highest BCUT2D eigenvalue weighted by Gasteiger charge is 2.01. The lowest BCUT2D eigenvalue weighted by Crippen LogP contribution is -2.14. The molecule has 2 aromatic rings. The Kier molecular flexibility index (Phi) is 2.98. The smallest absolute Gasteiger partial charge is 0.164 e. The largest absolute Gasteiger partial charge is 0.398 e. The number of aryl methyl sites for hydroxylation is 1. The topological polar surface area (TPSA) is 68.8 Å². The summed E-state index contributed by atoms with van der Waals surface area (Å²) in [6, 6.07) is 1.92. The Hall–Kier alpha value is -1.40. The molecule has 0 radical (unpaired) electrons. The third-order valence-electron chi connectivity index (χ3n) is 2.00. The molecule has 6 heteroatoms. The maximum absolute atomic E-state index is 5.76. The molecule has 2 aromatic heterocycles. The third-order valence-corrected chi connectivity index (χ3v) is 2.93. The van der Waals surface area contributed by atoms with Crippen molar-refractivity contribution in [3.63, 3.8) is 0 Å². The van der Waals surface area contributed by atoms with Gasteiger partial charge in [-0.25, -0.2) is 4.98 Å². The van der Waals surface area contributed by atoms with Crippen molar-refractivity contribution in [2.75, 3.05) is 5.73 Å². The standard InChI is InChI=1S/C9H13N5S/c1-14-6-12-9(13-14)5-11-4-8-7(10)2-3-15-8/h2-3,6,11H,4-5,10H2,1H3. The summed E-state index contributed by atoms with van der Waals surface area (Å²) in [7, 11) is 1.85. The van der Waals surface area contributed by atoms with Gasteiger partial charge in [0, 0.05) is 24.2 Å². The van der Waals surface area contributed by atoms with Gasteiger partial charge in [0.15, 0.2) is 5.82 Å². The third kappa shape index (κ3) is 2.54. The molecule has 0 spiro atoms. The molecule has 3 N–H and O–H groups in total. The predicted octanol–water partition coefficient (Wildman–Crippen LogP) is 0.749. The molecule has 2 rings (SSSR count). The van der Waals surface area contributed by atoms with E-state index >= 15 is 0 Å². The van der Waals surface area contributed by atoms with Crippen molar-refractivity contribution in [3.8, 4) is 0 Å². The summed E-state index contributed by atoms with van der Waals surface area (Å²) in [6.45, 7) is 1.43. The highest BCUT2D eigenvalue weighted by molar-refractivity contribution is 7.10. The van der Waals surface area contributed by atoms with Crippen LogP contribution in [0.2, 0.25) is 0 Å². The SMILES string of the molecule is Cn1cnc(CNCc2sccc2N)n1. The fourth-order valence-corrected chi connectivity index (χ4v) is 2.02. The highest BCUT2D eigenvalue weighted by atomic mass is 32.1. The Morgan fingerprint density at radius 1 is 1.53 bits per heavy atom. The number of rotatable bonds is 4. The van der Waals surface area contributed by atoms with E-state index in [0.29, 0.717) is 6.54 Å². The first-order chi connectivity index (χ1) is 7.25. The number of nitrogens with zero attached hydrogens (tertiary/aromatic N) is 3. The van der Waals surface area contributed by atoms with E-state index in [0.717, 1.165) is 22.9 Å². The molecule has 5 nitrogen and oxygen atoms in total. The fraction of sp³-hybridized carbons (Fsp3) is 0.333. The van der Waals surface area contributed by atoms with Crippen LogP contribution in [0.3, 0.4) is 0 Å². The molecule has 0 aliphatic heterocycles. The lowest BCUT2D eigenvalue weighted by molar-refractivity contribution is 0.654. The second kappa shape index (κ2) is 4.41. The Morgan fingerprint density at radius 3 is 3.00 bits per heavy atom. The molecule has 0 fully saturated rings. The van der Waals surface area contributed by atoms with Crippen LogP contribution in [0.5, 0.6) is 0 Å². The van der Waals surface area contributed by atoms with Gasteiger partial charge >= 0.3 is 0 Å². The molecule has 0 aromatic carbocycles. The van der Waals surface area contributed by atoms with Crippen LogP contribution in [0.4, 0.5) is 5.69 Å². The number of thiophene rings is 1. The summed E-state index contributed by atoms with van der Waals surface area (Å²) >= 11 is 1.66. The minimum atomic E-state index is 0.665. The molecule has 0 aliphatic rings. The summed E-state index contributed by atoms with van der Waals surface area (Å²) in [5, 5.41) is 9.41. The number of anilines is 1. The van der Waals surface area contributed by atoms with Crippen LogP contribution in [0.1, 0.15) is 10.7 Å². The van der Waals surface area contributed by atoms with Gasteiger partial charge in [-0.2, -0.15) is 5.10 Å². The number of nitrogen functional groups attached to an aromatic ring is 1.